The fourth-order valence-electron chi connectivity index (χ4n) is 1.63. The van der Waals surface area contributed by atoms with E-state index < -0.39 is 11.9 Å². The van der Waals surface area contributed by atoms with Crippen molar-refractivity contribution in [3.8, 4) is 0 Å². The Hall–Kier alpha value is -1.20. The number of aromatic nitrogens is 1. The summed E-state index contributed by atoms with van der Waals surface area (Å²) >= 11 is 4.87. The quantitative estimate of drug-likeness (QED) is 0.942. The first-order valence-corrected chi connectivity index (χ1v) is 6.70. The van der Waals surface area contributed by atoms with E-state index >= 15 is 0 Å². The molecule has 0 fully saturated rings. The second-order valence-electron chi connectivity index (χ2n) is 3.58. The molecule has 0 saturated heterocycles. The summed E-state index contributed by atoms with van der Waals surface area (Å²) in [4.78, 5) is 16.3. The Morgan fingerprint density at radius 1 is 1.47 bits per heavy atom. The summed E-state index contributed by atoms with van der Waals surface area (Å²) in [6.45, 7) is 0. The van der Waals surface area contributed by atoms with Crippen LogP contribution < -0.4 is 0 Å². The number of nitrogens with zero attached hydrogens (tertiary/aromatic N) is 1. The minimum absolute atomic E-state index is 0.475. The highest BCUT2D eigenvalue weighted by molar-refractivity contribution is 9.10. The number of hydrogen-bond donors (Lipinski definition) is 1. The van der Waals surface area contributed by atoms with Crippen LogP contribution in [0, 0.1) is 0 Å². The Morgan fingerprint density at radius 3 is 2.82 bits per heavy atom. The minimum Gasteiger partial charge on any atom is -0.481 e. The van der Waals surface area contributed by atoms with Crippen molar-refractivity contribution in [3.05, 3.63) is 50.9 Å². The van der Waals surface area contributed by atoms with Gasteiger partial charge in [-0.05, 0) is 11.6 Å². The van der Waals surface area contributed by atoms with Crippen LogP contribution in [-0.2, 0) is 11.2 Å². The van der Waals surface area contributed by atoms with E-state index in [0.717, 1.165) is 14.9 Å². The lowest BCUT2D eigenvalue weighted by atomic mass is 9.95. The number of carboxylic acid groups (broad SMARTS) is 1. The van der Waals surface area contributed by atoms with E-state index in [1.165, 1.54) is 11.3 Å². The van der Waals surface area contributed by atoms with E-state index in [1.807, 2.05) is 24.3 Å². The molecule has 2 aromatic rings. The van der Waals surface area contributed by atoms with Crippen LogP contribution in [0.15, 0.2) is 40.4 Å². The number of aliphatic carboxylic acids is 1. The van der Waals surface area contributed by atoms with E-state index in [1.54, 1.807) is 11.7 Å². The van der Waals surface area contributed by atoms with Crippen LogP contribution in [0.2, 0.25) is 0 Å². The Bertz CT molecular complexity index is 513. The van der Waals surface area contributed by atoms with E-state index in [-0.39, 0.29) is 0 Å². The van der Waals surface area contributed by atoms with Gasteiger partial charge in [0.2, 0.25) is 0 Å². The molecule has 17 heavy (non-hydrogen) atoms. The molecule has 5 heteroatoms. The number of benzene rings is 1. The van der Waals surface area contributed by atoms with E-state index in [0.29, 0.717) is 6.42 Å². The average Bonchev–Trinajstić information content (AvgIpc) is 2.79. The molecule has 3 nitrogen and oxygen atoms in total. The van der Waals surface area contributed by atoms with Gasteiger partial charge in [0.25, 0.3) is 0 Å². The highest BCUT2D eigenvalue weighted by Crippen LogP contribution is 2.28. The first-order chi connectivity index (χ1) is 8.18. The van der Waals surface area contributed by atoms with Gasteiger partial charge in [0.05, 0.1) is 11.4 Å². The van der Waals surface area contributed by atoms with Gasteiger partial charge in [-0.1, -0.05) is 34.1 Å². The molecular weight excluding hydrogens is 302 g/mol. The maximum atomic E-state index is 11.3. The van der Waals surface area contributed by atoms with Crippen LogP contribution in [0.1, 0.15) is 16.4 Å². The third kappa shape index (κ3) is 2.92. The van der Waals surface area contributed by atoms with Gasteiger partial charge in [-0.25, -0.2) is 0 Å². The third-order valence-corrected chi connectivity index (χ3v) is 3.99. The first kappa shape index (κ1) is 12.3. The van der Waals surface area contributed by atoms with Crippen LogP contribution in [0.25, 0.3) is 0 Å². The summed E-state index contributed by atoms with van der Waals surface area (Å²) in [6.07, 6.45) is 2.19. The number of hydrogen-bond acceptors (Lipinski definition) is 3. The molecule has 88 valence electrons. The highest BCUT2D eigenvalue weighted by atomic mass is 79.9. The molecule has 1 aromatic carbocycles. The zero-order valence-corrected chi connectivity index (χ0v) is 11.2. The second-order valence-corrected chi connectivity index (χ2v) is 5.41. The van der Waals surface area contributed by atoms with E-state index in [4.69, 9.17) is 0 Å². The van der Waals surface area contributed by atoms with E-state index in [9.17, 15) is 9.90 Å². The lowest BCUT2D eigenvalue weighted by Crippen LogP contribution is -2.14. The van der Waals surface area contributed by atoms with Crippen molar-refractivity contribution in [1.29, 1.82) is 0 Å². The second kappa shape index (κ2) is 5.42. The van der Waals surface area contributed by atoms with Crippen LogP contribution in [-0.4, -0.2) is 16.1 Å². The average molecular weight is 312 g/mol. The molecule has 0 aliphatic heterocycles. The Balaban J connectivity index is 2.30. The van der Waals surface area contributed by atoms with Crippen LogP contribution in [0.3, 0.4) is 0 Å². The van der Waals surface area contributed by atoms with Gasteiger partial charge in [-0.15, -0.1) is 11.3 Å². The van der Waals surface area contributed by atoms with Crippen molar-refractivity contribution in [2.45, 2.75) is 12.3 Å². The molecule has 1 N–H and O–H groups in total. The number of halogens is 1. The van der Waals surface area contributed by atoms with Crippen molar-refractivity contribution in [3.63, 3.8) is 0 Å². The summed E-state index contributed by atoms with van der Waals surface area (Å²) in [5, 5.41) is 9.31. The third-order valence-electron chi connectivity index (χ3n) is 2.47. The van der Waals surface area contributed by atoms with Crippen LogP contribution in [0.5, 0.6) is 0 Å². The minimum atomic E-state index is -0.815. The molecule has 0 radical (unpaired) electrons. The largest absolute Gasteiger partial charge is 0.481 e. The van der Waals surface area contributed by atoms with Gasteiger partial charge in [0, 0.05) is 22.0 Å². The monoisotopic (exact) mass is 311 g/mol. The standard InChI is InChI=1S/C12H10BrNO2S/c13-11-4-2-1-3-9(11)10(12(15)16)5-8-6-14-7-17-8/h1-4,6-7,10H,5H2,(H,15,16). The zero-order valence-electron chi connectivity index (χ0n) is 8.84. The zero-order chi connectivity index (χ0) is 12.3. The smallest absolute Gasteiger partial charge is 0.311 e. The Morgan fingerprint density at radius 2 is 2.24 bits per heavy atom. The molecule has 1 unspecified atom stereocenters. The van der Waals surface area contributed by atoms with Gasteiger partial charge in [0.1, 0.15) is 0 Å². The molecule has 0 aliphatic carbocycles. The fourth-order valence-corrected chi connectivity index (χ4v) is 2.83. The number of thiazole rings is 1. The molecule has 0 aliphatic rings. The van der Waals surface area contributed by atoms with Gasteiger partial charge in [0.15, 0.2) is 0 Å². The Labute approximate surface area is 111 Å². The molecule has 1 atom stereocenters. The molecule has 0 saturated carbocycles. The van der Waals surface area contributed by atoms with Crippen molar-refractivity contribution in [2.75, 3.05) is 0 Å². The van der Waals surface area contributed by atoms with Gasteiger partial charge in [-0.2, -0.15) is 0 Å². The van der Waals surface area contributed by atoms with Crippen LogP contribution in [0.4, 0.5) is 0 Å². The Kier molecular flexibility index (Phi) is 3.91. The predicted octanol–water partition coefficient (Wildman–Crippen LogP) is 3.32. The van der Waals surface area contributed by atoms with Gasteiger partial charge >= 0.3 is 5.97 Å². The lowest BCUT2D eigenvalue weighted by Gasteiger charge is -2.13. The number of carbonyl (C=O) groups is 1. The normalized spacial score (nSPS) is 12.3. The molecule has 2 rings (SSSR count). The molecular formula is C12H10BrNO2S. The maximum absolute atomic E-state index is 11.3. The van der Waals surface area contributed by atoms with Crippen molar-refractivity contribution in [2.24, 2.45) is 0 Å². The summed E-state index contributed by atoms with van der Waals surface area (Å²) in [5.74, 6) is -1.35. The summed E-state index contributed by atoms with van der Waals surface area (Å²) < 4.78 is 0.830. The van der Waals surface area contributed by atoms with Gasteiger partial charge in [-0.3, -0.25) is 9.78 Å². The summed E-state index contributed by atoms with van der Waals surface area (Å²) in [5.41, 5.74) is 2.52. The van der Waals surface area contributed by atoms with Crippen molar-refractivity contribution in [1.82, 2.24) is 4.98 Å². The maximum Gasteiger partial charge on any atom is 0.311 e. The number of carboxylic acids is 1. The molecule has 0 spiro atoms. The van der Waals surface area contributed by atoms with Gasteiger partial charge < -0.3 is 5.11 Å². The van der Waals surface area contributed by atoms with Crippen LogP contribution >= 0.6 is 27.3 Å². The topological polar surface area (TPSA) is 50.2 Å². The predicted molar refractivity (Wildman–Crippen MR) is 70.3 cm³/mol. The first-order valence-electron chi connectivity index (χ1n) is 5.03. The fraction of sp³-hybridized carbons (Fsp3) is 0.167. The molecule has 1 aromatic heterocycles. The van der Waals surface area contributed by atoms with Crippen molar-refractivity contribution >= 4 is 33.2 Å². The van der Waals surface area contributed by atoms with Crippen molar-refractivity contribution < 1.29 is 9.90 Å². The summed E-state index contributed by atoms with van der Waals surface area (Å²) in [6, 6.07) is 7.42. The number of rotatable bonds is 4. The van der Waals surface area contributed by atoms with E-state index in [2.05, 4.69) is 20.9 Å². The summed E-state index contributed by atoms with van der Waals surface area (Å²) in [7, 11) is 0. The molecule has 0 bridgehead atoms. The molecule has 1 heterocycles. The molecule has 0 amide bonds. The SMILES string of the molecule is O=C(O)C(Cc1cncs1)c1ccccc1Br. The highest BCUT2D eigenvalue weighted by Gasteiger charge is 2.22. The lowest BCUT2D eigenvalue weighted by molar-refractivity contribution is -0.138.